The van der Waals surface area contributed by atoms with Gasteiger partial charge in [-0.15, -0.1) is 0 Å². The Bertz CT molecular complexity index is 1360. The molecule has 0 radical (unpaired) electrons. The Morgan fingerprint density at radius 3 is 0.570 bits per heavy atom. The Balaban J connectivity index is 6.11. The van der Waals surface area contributed by atoms with E-state index < -0.39 is 26.1 Å². The number of ether oxygens (including phenoxy) is 3. The second-order valence-corrected chi connectivity index (χ2v) is 29.3. The highest BCUT2D eigenvalue weighted by atomic mass is 79.9. The third kappa shape index (κ3) is 55.6. The minimum absolute atomic E-state index is 0.108. The molecule has 0 N–H and O–H groups in total. The van der Waals surface area contributed by atoms with Crippen LogP contribution in [0.1, 0.15) is 369 Å². The van der Waals surface area contributed by atoms with Crippen molar-refractivity contribution in [3.63, 3.8) is 0 Å². The molecule has 0 aromatic carbocycles. The van der Waals surface area contributed by atoms with Crippen molar-refractivity contribution >= 4 is 73.5 Å². The van der Waals surface area contributed by atoms with Crippen LogP contribution in [-0.2, 0) is 46.7 Å². The highest BCUT2D eigenvalue weighted by Gasteiger charge is 2.42. The lowest BCUT2D eigenvalue weighted by atomic mass is 9.96. The summed E-state index contributed by atoms with van der Waals surface area (Å²) in [6.45, 7) is 11.4. The highest BCUT2D eigenvalue weighted by Crippen LogP contribution is 2.56. The molecule has 0 rings (SSSR count). The van der Waals surface area contributed by atoms with Crippen LogP contribution in [0.4, 0.5) is 0 Å². The van der Waals surface area contributed by atoms with E-state index in [1.807, 2.05) is 0 Å². The van der Waals surface area contributed by atoms with Crippen molar-refractivity contribution < 1.29 is 46.7 Å². The van der Waals surface area contributed by atoms with Gasteiger partial charge in [0.05, 0.1) is 38.1 Å². The first-order valence-corrected chi connectivity index (χ1v) is 41.5. The summed E-state index contributed by atoms with van der Waals surface area (Å²) in [6, 6.07) is 0. The van der Waals surface area contributed by atoms with E-state index in [9.17, 15) is 14.4 Å². The zero-order valence-corrected chi connectivity index (χ0v) is 62.6. The van der Waals surface area contributed by atoms with Crippen molar-refractivity contribution in [3.05, 3.63) is 0 Å². The quantitative estimate of drug-likeness (QED) is 0.0191. The van der Waals surface area contributed by atoms with E-state index in [0.29, 0.717) is 35.3 Å². The third-order valence-corrected chi connectivity index (χ3v) is 21.1. The summed E-state index contributed by atoms with van der Waals surface area (Å²) < 4.78 is 53.2. The van der Waals surface area contributed by atoms with Crippen molar-refractivity contribution in [3.8, 4) is 0 Å². The molecule has 6 unspecified atom stereocenters. The van der Waals surface area contributed by atoms with Gasteiger partial charge in [0.2, 0.25) is 0 Å². The van der Waals surface area contributed by atoms with Crippen molar-refractivity contribution in [2.45, 2.75) is 387 Å². The number of rotatable bonds is 69. The van der Waals surface area contributed by atoms with Crippen LogP contribution in [0.25, 0.3) is 0 Å². The summed E-state index contributed by atoms with van der Waals surface area (Å²) in [5, 5.41) is 0.912. The number of carbonyl (C=O) groups excluding carboxylic acids is 3. The smallest absolute Gasteiger partial charge is 0.465 e. The van der Waals surface area contributed by atoms with Gasteiger partial charge < -0.3 is 14.2 Å². The molecule has 0 bridgehead atoms. The van der Waals surface area contributed by atoms with Gasteiger partial charge in [-0.25, -0.2) is 4.57 Å². The monoisotopic (exact) mass is 1430 g/mol. The summed E-state index contributed by atoms with van der Waals surface area (Å²) in [5.41, 5.74) is 0. The number of hydrogen-bond donors (Lipinski definition) is 0. The average molecular weight is 1430 g/mol. The number of carbonyl (C=O) groups is 3. The summed E-state index contributed by atoms with van der Waals surface area (Å²) in [4.78, 5) is 37.1. The van der Waals surface area contributed by atoms with E-state index in [0.717, 1.165) is 57.8 Å². The number of hydrogen-bond acceptors (Lipinski definition) is 10. The number of alkyl halides is 3. The first kappa shape index (κ1) is 86.0. The van der Waals surface area contributed by atoms with Crippen LogP contribution in [0.3, 0.4) is 0 Å². The van der Waals surface area contributed by atoms with Gasteiger partial charge in [0, 0.05) is 54.5 Å². The zero-order chi connectivity index (χ0) is 63.2. The Hall–Kier alpha value is -0.0400. The lowest BCUT2D eigenvalue weighted by Crippen LogP contribution is -2.36. The van der Waals surface area contributed by atoms with E-state index >= 15 is 4.57 Å². The summed E-state index contributed by atoms with van der Waals surface area (Å²) in [7, 11) is -4.48. The SMILES string of the molecule is CCCCCCCCCCCCCCCCCCC(COC(C)=O)C(CBr)OP(=O)(OC(CBr)C(CCCCCCCCCCCCCCCCCC)COC(C)=O)OC(CBr)C(CCCCCCCCCCCCCCCCCC)COC(C)=O. The highest BCUT2D eigenvalue weighted by molar-refractivity contribution is 9.09. The van der Waals surface area contributed by atoms with E-state index in [1.54, 1.807) is 0 Å². The van der Waals surface area contributed by atoms with Gasteiger partial charge in [0.15, 0.2) is 0 Å². The molecular formula is C72H138Br3O10P. The van der Waals surface area contributed by atoms with Gasteiger partial charge in [0.1, 0.15) is 0 Å². The second kappa shape index (κ2) is 65.0. The van der Waals surface area contributed by atoms with Gasteiger partial charge in [-0.3, -0.25) is 28.0 Å². The second-order valence-electron chi connectivity index (χ2n) is 25.8. The molecule has 0 aromatic heterocycles. The zero-order valence-electron chi connectivity index (χ0n) is 56.9. The topological polar surface area (TPSA) is 124 Å². The maximum Gasteiger partial charge on any atom is 0.475 e. The van der Waals surface area contributed by atoms with Gasteiger partial charge in [-0.05, 0) is 19.3 Å². The molecule has 6 atom stereocenters. The van der Waals surface area contributed by atoms with Crippen LogP contribution < -0.4 is 0 Å². The summed E-state index contributed by atoms with van der Waals surface area (Å²) >= 11 is 11.2. The first-order valence-electron chi connectivity index (χ1n) is 36.6. The predicted octanol–water partition coefficient (Wildman–Crippen LogP) is 24.9. The summed E-state index contributed by atoms with van der Waals surface area (Å²) in [5.74, 6) is -2.02. The fourth-order valence-corrected chi connectivity index (χ4v) is 16.4. The fraction of sp³-hybridized carbons (Fsp3) is 0.958. The molecule has 0 spiro atoms. The largest absolute Gasteiger partial charge is 0.475 e. The molecule has 0 fully saturated rings. The van der Waals surface area contributed by atoms with Gasteiger partial charge >= 0.3 is 25.7 Å². The molecule has 0 aromatic rings. The average Bonchev–Trinajstić information content (AvgIpc) is 2.11. The van der Waals surface area contributed by atoms with Crippen LogP contribution in [0.5, 0.6) is 0 Å². The number of halogens is 3. The third-order valence-electron chi connectivity index (χ3n) is 17.6. The molecule has 0 saturated heterocycles. The molecule has 14 heteroatoms. The first-order chi connectivity index (χ1) is 41.9. The maximum absolute atomic E-state index is 15.9. The standard InChI is InChI=1S/C72H138Br3O10P/c1-7-10-13-16-19-22-25-28-31-34-37-40-43-46-49-52-55-67(61-80-64(4)76)70(58-73)83-86(79,84-71(59-74)68(62-81-65(5)77)56-53-50-47-44-41-38-35-32-29-26-23-20-17-14-11-8-2)85-72(60-75)69(63-82-66(6)78)57-54-51-48-45-42-39-36-33-30-27-24-21-18-15-12-9-3/h67-72H,7-63H2,1-6H3. The molecular weight excluding hydrogens is 1300 g/mol. The molecule has 10 nitrogen and oxygen atoms in total. The van der Waals surface area contributed by atoms with Crippen molar-refractivity contribution in [2.75, 3.05) is 35.8 Å². The molecule has 0 saturated carbocycles. The minimum atomic E-state index is -4.48. The maximum atomic E-state index is 15.9. The fourth-order valence-electron chi connectivity index (χ4n) is 12.0. The van der Waals surface area contributed by atoms with Crippen LogP contribution in [0, 0.1) is 17.8 Å². The molecule has 0 aliphatic carbocycles. The van der Waals surface area contributed by atoms with Gasteiger partial charge in [-0.2, -0.15) is 0 Å². The molecule has 0 aliphatic rings. The molecule has 0 amide bonds. The number of phosphoric ester groups is 1. The normalized spacial score (nSPS) is 14.6. The van der Waals surface area contributed by atoms with Crippen LogP contribution in [0.2, 0.25) is 0 Å². The predicted molar refractivity (Wildman–Crippen MR) is 376 cm³/mol. The van der Waals surface area contributed by atoms with E-state index in [4.69, 9.17) is 27.8 Å². The Morgan fingerprint density at radius 2 is 0.430 bits per heavy atom. The Morgan fingerprint density at radius 1 is 0.279 bits per heavy atom. The van der Waals surface area contributed by atoms with Crippen molar-refractivity contribution in [1.82, 2.24) is 0 Å². The van der Waals surface area contributed by atoms with Gasteiger partial charge in [0.25, 0.3) is 0 Å². The van der Waals surface area contributed by atoms with Crippen LogP contribution in [0.15, 0.2) is 0 Å². The Kier molecular flexibility index (Phi) is 65.0. The Labute approximate surface area is 557 Å². The molecule has 86 heavy (non-hydrogen) atoms. The van der Waals surface area contributed by atoms with Crippen LogP contribution in [-0.4, -0.2) is 72.0 Å². The van der Waals surface area contributed by atoms with Gasteiger partial charge in [-0.1, -0.05) is 377 Å². The molecule has 512 valence electrons. The number of esters is 3. The van der Waals surface area contributed by atoms with Crippen molar-refractivity contribution in [1.29, 1.82) is 0 Å². The van der Waals surface area contributed by atoms with E-state index in [-0.39, 0.29) is 55.5 Å². The molecule has 0 heterocycles. The molecule has 0 aliphatic heterocycles. The lowest BCUT2D eigenvalue weighted by Gasteiger charge is -2.35. The number of unbranched alkanes of at least 4 members (excludes halogenated alkanes) is 45. The van der Waals surface area contributed by atoms with E-state index in [2.05, 4.69) is 68.6 Å². The van der Waals surface area contributed by atoms with Crippen molar-refractivity contribution in [2.24, 2.45) is 17.8 Å². The summed E-state index contributed by atoms with van der Waals surface area (Å²) in [6.07, 6.45) is 61.3. The van der Waals surface area contributed by atoms with Crippen LogP contribution >= 0.6 is 55.6 Å². The minimum Gasteiger partial charge on any atom is -0.465 e. The van der Waals surface area contributed by atoms with E-state index in [1.165, 1.54) is 271 Å². The lowest BCUT2D eigenvalue weighted by molar-refractivity contribution is -0.144. The number of phosphoric acid groups is 1.